The Morgan fingerprint density at radius 3 is 3.15 bits per heavy atom. The van der Waals surface area contributed by atoms with E-state index in [0.29, 0.717) is 13.2 Å². The average Bonchev–Trinajstić information content (AvgIpc) is 2.80. The Hall–Kier alpha value is -0.980. The minimum Gasteiger partial charge on any atom is -0.375 e. The van der Waals surface area contributed by atoms with Crippen molar-refractivity contribution in [2.24, 2.45) is 5.92 Å². The summed E-state index contributed by atoms with van der Waals surface area (Å²) in [4.78, 5) is 18.2. The summed E-state index contributed by atoms with van der Waals surface area (Å²) in [5.74, 6) is 0.677. The third kappa shape index (κ3) is 2.87. The Morgan fingerprint density at radius 2 is 2.35 bits per heavy atom. The average molecular weight is 295 g/mol. The second-order valence-corrected chi connectivity index (χ2v) is 6.82. The van der Waals surface area contributed by atoms with E-state index in [0.717, 1.165) is 23.9 Å². The van der Waals surface area contributed by atoms with Crippen molar-refractivity contribution in [2.45, 2.75) is 45.3 Å². The van der Waals surface area contributed by atoms with Gasteiger partial charge in [-0.2, -0.15) is 0 Å². The fourth-order valence-corrected chi connectivity index (χ4v) is 3.98. The third-order valence-electron chi connectivity index (χ3n) is 4.02. The fraction of sp³-hybridized carbons (Fsp3) is 0.714. The topological polar surface area (TPSA) is 63.2 Å². The van der Waals surface area contributed by atoms with Crippen molar-refractivity contribution in [3.8, 4) is 0 Å². The summed E-state index contributed by atoms with van der Waals surface area (Å²) in [5, 5.41) is 6.87. The minimum absolute atomic E-state index is 0.0451. The number of amides is 1. The number of thiazole rings is 1. The molecule has 1 unspecified atom stereocenters. The number of anilines is 1. The van der Waals surface area contributed by atoms with E-state index < -0.39 is 0 Å². The zero-order chi connectivity index (χ0) is 14.1. The largest absolute Gasteiger partial charge is 0.375 e. The molecule has 1 amide bonds. The van der Waals surface area contributed by atoms with E-state index in [1.807, 2.05) is 6.92 Å². The van der Waals surface area contributed by atoms with Gasteiger partial charge in [0.1, 0.15) is 6.04 Å². The molecule has 1 saturated heterocycles. The van der Waals surface area contributed by atoms with Crippen molar-refractivity contribution in [1.29, 1.82) is 0 Å². The number of hydrogen-bond donors (Lipinski definition) is 2. The van der Waals surface area contributed by atoms with E-state index in [4.69, 9.17) is 4.74 Å². The summed E-state index contributed by atoms with van der Waals surface area (Å²) in [5.41, 5.74) is 1.17. The molecule has 2 aliphatic rings. The smallest absolute Gasteiger partial charge is 0.245 e. The molecule has 0 aromatic carbocycles. The monoisotopic (exact) mass is 295 g/mol. The van der Waals surface area contributed by atoms with E-state index in [2.05, 4.69) is 22.5 Å². The molecule has 1 aliphatic heterocycles. The van der Waals surface area contributed by atoms with Crippen LogP contribution in [0.15, 0.2) is 0 Å². The normalized spacial score (nSPS) is 29.8. The van der Waals surface area contributed by atoms with Crippen LogP contribution in [-0.2, 0) is 22.4 Å². The zero-order valence-electron chi connectivity index (χ0n) is 11.9. The van der Waals surface area contributed by atoms with Crippen molar-refractivity contribution in [3.05, 3.63) is 10.6 Å². The van der Waals surface area contributed by atoms with Gasteiger partial charge < -0.3 is 15.4 Å². The van der Waals surface area contributed by atoms with Crippen LogP contribution in [0.1, 0.15) is 30.8 Å². The maximum atomic E-state index is 12.3. The van der Waals surface area contributed by atoms with Gasteiger partial charge in [-0.05, 0) is 32.1 Å². The summed E-state index contributed by atoms with van der Waals surface area (Å²) in [6.07, 6.45) is 3.21. The van der Waals surface area contributed by atoms with Gasteiger partial charge in [0.25, 0.3) is 0 Å². The lowest BCUT2D eigenvalue weighted by Gasteiger charge is -2.28. The Morgan fingerprint density at radius 1 is 1.50 bits per heavy atom. The van der Waals surface area contributed by atoms with Gasteiger partial charge in [-0.25, -0.2) is 4.98 Å². The molecular formula is C14H21N3O2S. The van der Waals surface area contributed by atoms with Crippen LogP contribution in [0.4, 0.5) is 5.13 Å². The lowest BCUT2D eigenvalue weighted by atomic mass is 9.93. The van der Waals surface area contributed by atoms with E-state index in [9.17, 15) is 4.79 Å². The van der Waals surface area contributed by atoms with Crippen LogP contribution in [0.5, 0.6) is 0 Å². The molecule has 0 spiro atoms. The number of carbonyl (C=O) groups is 1. The van der Waals surface area contributed by atoms with Crippen LogP contribution >= 0.6 is 11.3 Å². The molecule has 0 saturated carbocycles. The third-order valence-corrected chi connectivity index (χ3v) is 5.05. The molecule has 6 heteroatoms. The van der Waals surface area contributed by atoms with Crippen molar-refractivity contribution in [2.75, 3.05) is 18.5 Å². The molecule has 110 valence electrons. The molecule has 5 nitrogen and oxygen atoms in total. The predicted molar refractivity (Wildman–Crippen MR) is 79.1 cm³/mol. The molecule has 0 bridgehead atoms. The second-order valence-electron chi connectivity index (χ2n) is 5.73. The zero-order valence-corrected chi connectivity index (χ0v) is 12.8. The first kappa shape index (κ1) is 14.0. The lowest BCUT2D eigenvalue weighted by Crippen LogP contribution is -2.53. The molecular weight excluding hydrogens is 274 g/mol. The van der Waals surface area contributed by atoms with Gasteiger partial charge in [-0.1, -0.05) is 6.92 Å². The lowest BCUT2D eigenvalue weighted by molar-refractivity contribution is -0.123. The quantitative estimate of drug-likeness (QED) is 0.869. The van der Waals surface area contributed by atoms with Crippen LogP contribution in [0.3, 0.4) is 0 Å². The van der Waals surface area contributed by atoms with Crippen LogP contribution in [0.2, 0.25) is 0 Å². The highest BCUT2D eigenvalue weighted by Crippen LogP contribution is 2.32. The van der Waals surface area contributed by atoms with Crippen molar-refractivity contribution in [3.63, 3.8) is 0 Å². The number of morpholine rings is 1. The molecule has 1 aliphatic carbocycles. The molecule has 3 rings (SSSR count). The van der Waals surface area contributed by atoms with Crippen LogP contribution in [0, 0.1) is 5.92 Å². The van der Waals surface area contributed by atoms with Gasteiger partial charge in [-0.15, -0.1) is 11.3 Å². The summed E-state index contributed by atoms with van der Waals surface area (Å²) in [6.45, 7) is 5.57. The van der Waals surface area contributed by atoms with E-state index in [1.54, 1.807) is 11.3 Å². The van der Waals surface area contributed by atoms with E-state index in [-0.39, 0.29) is 18.1 Å². The van der Waals surface area contributed by atoms with Gasteiger partial charge in [0.05, 0.1) is 18.4 Å². The van der Waals surface area contributed by atoms with Gasteiger partial charge in [-0.3, -0.25) is 4.79 Å². The van der Waals surface area contributed by atoms with Crippen molar-refractivity contribution < 1.29 is 9.53 Å². The standard InChI is InChI=1S/C14H21N3O2S/c1-8-3-4-10-11(7-8)20-14(16-10)17-13(18)12-9(2)19-6-5-15-12/h8-9,12,15H,3-7H2,1-2H3,(H,16,17,18)/t8?,9-,12+/m1/s1. The number of hydrogen-bond acceptors (Lipinski definition) is 5. The number of rotatable bonds is 2. The summed E-state index contributed by atoms with van der Waals surface area (Å²) in [7, 11) is 0. The number of fused-ring (bicyclic) bond motifs is 1. The van der Waals surface area contributed by atoms with Crippen molar-refractivity contribution in [1.82, 2.24) is 10.3 Å². The van der Waals surface area contributed by atoms with Gasteiger partial charge in [0.2, 0.25) is 5.91 Å². The number of nitrogens with zero attached hydrogens (tertiary/aromatic N) is 1. The molecule has 1 aromatic heterocycles. The number of ether oxygens (including phenoxy) is 1. The second kappa shape index (κ2) is 5.79. The fourth-order valence-electron chi connectivity index (χ4n) is 2.80. The van der Waals surface area contributed by atoms with E-state index in [1.165, 1.54) is 17.0 Å². The van der Waals surface area contributed by atoms with Crippen LogP contribution in [0.25, 0.3) is 0 Å². The summed E-state index contributed by atoms with van der Waals surface area (Å²) in [6, 6.07) is -0.288. The van der Waals surface area contributed by atoms with Crippen LogP contribution in [-0.4, -0.2) is 36.2 Å². The first-order valence-corrected chi connectivity index (χ1v) is 8.09. The molecule has 3 atom stereocenters. The molecule has 1 aromatic rings. The Labute approximate surface area is 123 Å². The number of carbonyl (C=O) groups excluding carboxylic acids is 1. The van der Waals surface area contributed by atoms with Crippen LogP contribution < -0.4 is 10.6 Å². The van der Waals surface area contributed by atoms with Gasteiger partial charge >= 0.3 is 0 Å². The number of aryl methyl sites for hydroxylation is 1. The first-order valence-electron chi connectivity index (χ1n) is 7.28. The highest BCUT2D eigenvalue weighted by atomic mass is 32.1. The first-order chi connectivity index (χ1) is 9.63. The SMILES string of the molecule is CC1CCc2nc(NC(=O)[C@H]3NCCO[C@@H]3C)sc2C1. The van der Waals surface area contributed by atoms with E-state index >= 15 is 0 Å². The van der Waals surface area contributed by atoms with Crippen molar-refractivity contribution >= 4 is 22.4 Å². The summed E-state index contributed by atoms with van der Waals surface area (Å²) < 4.78 is 5.50. The maximum absolute atomic E-state index is 12.3. The number of aromatic nitrogens is 1. The highest BCUT2D eigenvalue weighted by Gasteiger charge is 2.29. The molecule has 0 radical (unpaired) electrons. The Bertz CT molecular complexity index is 503. The molecule has 2 heterocycles. The Kier molecular flexibility index (Phi) is 4.05. The Balaban J connectivity index is 1.67. The number of nitrogens with one attached hydrogen (secondary N) is 2. The maximum Gasteiger partial charge on any atom is 0.245 e. The molecule has 20 heavy (non-hydrogen) atoms. The predicted octanol–water partition coefficient (Wildman–Crippen LogP) is 1.58. The molecule has 1 fully saturated rings. The molecule has 2 N–H and O–H groups in total. The van der Waals surface area contributed by atoms with Gasteiger partial charge in [0, 0.05) is 11.4 Å². The van der Waals surface area contributed by atoms with Gasteiger partial charge in [0.15, 0.2) is 5.13 Å². The minimum atomic E-state index is -0.288. The highest BCUT2D eigenvalue weighted by molar-refractivity contribution is 7.15. The summed E-state index contributed by atoms with van der Waals surface area (Å²) >= 11 is 1.62.